The molecule has 0 bridgehead atoms. The molecule has 0 radical (unpaired) electrons. The van der Waals surface area contributed by atoms with Gasteiger partial charge in [0.15, 0.2) is 11.6 Å². The fraction of sp³-hybridized carbons (Fsp3) is 0.208. The second kappa shape index (κ2) is 10.7. The van der Waals surface area contributed by atoms with Gasteiger partial charge < -0.3 is 15.0 Å². The maximum Gasteiger partial charge on any atom is 0.270 e. The minimum absolute atomic E-state index is 0.108. The average Bonchev–Trinajstić information content (AvgIpc) is 2.92. The van der Waals surface area contributed by atoms with E-state index in [4.69, 9.17) is 4.74 Å². The van der Waals surface area contributed by atoms with Gasteiger partial charge in [-0.05, 0) is 30.3 Å². The molecule has 1 aromatic carbocycles. The first-order valence-electron chi connectivity index (χ1n) is 11.1. The van der Waals surface area contributed by atoms with Gasteiger partial charge in [-0.1, -0.05) is 12.1 Å². The number of halogens is 1. The molecule has 4 heterocycles. The highest BCUT2D eigenvalue weighted by molar-refractivity contribution is 5.65. The van der Waals surface area contributed by atoms with Crippen molar-refractivity contribution in [2.75, 3.05) is 36.5 Å². The molecule has 3 aromatic heterocycles. The fourth-order valence-corrected chi connectivity index (χ4v) is 3.51. The molecule has 1 aliphatic rings. The molecule has 0 amide bonds. The number of morpholine rings is 1. The third-order valence-corrected chi connectivity index (χ3v) is 5.29. The van der Waals surface area contributed by atoms with Gasteiger partial charge in [0.1, 0.15) is 12.9 Å². The van der Waals surface area contributed by atoms with Crippen LogP contribution in [0.4, 0.5) is 27.5 Å². The van der Waals surface area contributed by atoms with Crippen molar-refractivity contribution >= 4 is 23.1 Å². The van der Waals surface area contributed by atoms with Crippen LogP contribution < -0.4 is 10.2 Å². The van der Waals surface area contributed by atoms with Crippen LogP contribution >= 0.6 is 0 Å². The minimum atomic E-state index is -0.487. The molecular weight excluding hydrogens is 449 g/mol. The van der Waals surface area contributed by atoms with E-state index in [0.717, 1.165) is 34.5 Å². The van der Waals surface area contributed by atoms with E-state index in [1.165, 1.54) is 6.33 Å². The first-order chi connectivity index (χ1) is 17.2. The number of aromatic nitrogens is 5. The summed E-state index contributed by atoms with van der Waals surface area (Å²) >= 11 is 0. The number of pyridine rings is 1. The van der Waals surface area contributed by atoms with Crippen LogP contribution in [-0.2, 0) is 11.3 Å². The number of hydrogen-bond acceptors (Lipinski definition) is 10. The van der Waals surface area contributed by atoms with E-state index in [1.807, 2.05) is 47.4 Å². The van der Waals surface area contributed by atoms with Crippen LogP contribution in [0.15, 0.2) is 77.6 Å². The molecule has 11 heteroatoms. The molecule has 35 heavy (non-hydrogen) atoms. The number of azo groups is 1. The third-order valence-electron chi connectivity index (χ3n) is 5.29. The van der Waals surface area contributed by atoms with Gasteiger partial charge in [0.25, 0.3) is 5.95 Å². The zero-order valence-corrected chi connectivity index (χ0v) is 18.8. The summed E-state index contributed by atoms with van der Waals surface area (Å²) in [5.41, 5.74) is 4.39. The Labute approximate surface area is 201 Å². The van der Waals surface area contributed by atoms with Gasteiger partial charge in [-0.15, -0.1) is 5.11 Å². The molecule has 0 spiro atoms. The van der Waals surface area contributed by atoms with Crippen molar-refractivity contribution in [2.24, 2.45) is 10.2 Å². The van der Waals surface area contributed by atoms with Gasteiger partial charge in [0.05, 0.1) is 42.7 Å². The Morgan fingerprint density at radius 3 is 2.51 bits per heavy atom. The summed E-state index contributed by atoms with van der Waals surface area (Å²) in [6.45, 7) is 2.46. The molecule has 5 rings (SSSR count). The van der Waals surface area contributed by atoms with Crippen molar-refractivity contribution < 1.29 is 9.13 Å². The maximum absolute atomic E-state index is 14.1. The van der Waals surface area contributed by atoms with Crippen molar-refractivity contribution in [1.82, 2.24) is 24.9 Å². The molecule has 1 fully saturated rings. The summed E-state index contributed by atoms with van der Waals surface area (Å²) in [7, 11) is 0. The molecular formula is C24H22FN9O. The smallest absolute Gasteiger partial charge is 0.270 e. The lowest BCUT2D eigenvalue weighted by molar-refractivity contribution is 0.122. The average molecular weight is 472 g/mol. The molecule has 0 atom stereocenters. The van der Waals surface area contributed by atoms with Crippen LogP contribution in [0, 0.1) is 5.82 Å². The van der Waals surface area contributed by atoms with Crippen molar-refractivity contribution in [3.8, 4) is 11.3 Å². The van der Waals surface area contributed by atoms with E-state index < -0.39 is 5.82 Å². The van der Waals surface area contributed by atoms with Gasteiger partial charge in [-0.25, -0.2) is 19.3 Å². The van der Waals surface area contributed by atoms with Crippen molar-refractivity contribution in [3.05, 3.63) is 78.9 Å². The quantitative estimate of drug-likeness (QED) is 0.396. The van der Waals surface area contributed by atoms with Crippen LogP contribution in [0.5, 0.6) is 0 Å². The van der Waals surface area contributed by atoms with Crippen LogP contribution in [0.1, 0.15) is 5.69 Å². The summed E-state index contributed by atoms with van der Waals surface area (Å²) in [5.74, 6) is -0.160. The van der Waals surface area contributed by atoms with Gasteiger partial charge in [-0.3, -0.25) is 4.98 Å². The Hall–Kier alpha value is -4.38. The highest BCUT2D eigenvalue weighted by Crippen LogP contribution is 2.22. The zero-order chi connectivity index (χ0) is 23.9. The van der Waals surface area contributed by atoms with Gasteiger partial charge in [-0.2, -0.15) is 10.1 Å². The fourth-order valence-electron chi connectivity index (χ4n) is 3.51. The lowest BCUT2D eigenvalue weighted by atomic mass is 10.1. The molecule has 1 aliphatic heterocycles. The number of hydrogen-bond donors (Lipinski definition) is 1. The van der Waals surface area contributed by atoms with Crippen LogP contribution in [0.2, 0.25) is 0 Å². The van der Waals surface area contributed by atoms with E-state index in [9.17, 15) is 4.39 Å². The van der Waals surface area contributed by atoms with E-state index in [0.29, 0.717) is 26.3 Å². The predicted octanol–water partition coefficient (Wildman–Crippen LogP) is 4.33. The van der Waals surface area contributed by atoms with Gasteiger partial charge >= 0.3 is 0 Å². The van der Waals surface area contributed by atoms with Crippen LogP contribution in [0.25, 0.3) is 11.3 Å². The highest BCUT2D eigenvalue weighted by atomic mass is 19.1. The van der Waals surface area contributed by atoms with Crippen molar-refractivity contribution in [2.45, 2.75) is 6.54 Å². The summed E-state index contributed by atoms with van der Waals surface area (Å²) in [6.07, 6.45) is 6.10. The second-order valence-corrected chi connectivity index (χ2v) is 7.68. The summed E-state index contributed by atoms with van der Waals surface area (Å²) in [5, 5.41) is 11.5. The first kappa shape index (κ1) is 22.4. The number of nitrogens with one attached hydrogen (secondary N) is 1. The van der Waals surface area contributed by atoms with Gasteiger partial charge in [0.2, 0.25) is 0 Å². The summed E-state index contributed by atoms with van der Waals surface area (Å²) in [4.78, 5) is 22.5. The van der Waals surface area contributed by atoms with E-state index in [-0.39, 0.29) is 18.3 Å². The normalized spacial score (nSPS) is 13.8. The minimum Gasteiger partial charge on any atom is -0.378 e. The number of nitrogens with zero attached hydrogens (tertiary/aromatic N) is 8. The molecule has 1 N–H and O–H groups in total. The Morgan fingerprint density at radius 2 is 1.77 bits per heavy atom. The molecule has 0 aliphatic carbocycles. The Kier molecular flexibility index (Phi) is 6.85. The molecule has 1 saturated heterocycles. The Balaban J connectivity index is 1.18. The van der Waals surface area contributed by atoms with E-state index in [2.05, 4.69) is 40.5 Å². The third kappa shape index (κ3) is 5.76. The Bertz CT molecular complexity index is 1280. The van der Waals surface area contributed by atoms with Gasteiger partial charge in [0, 0.05) is 30.5 Å². The lowest BCUT2D eigenvalue weighted by Crippen LogP contribution is -2.37. The largest absolute Gasteiger partial charge is 0.378 e. The number of ether oxygens (including phenoxy) is 1. The molecule has 0 unspecified atom stereocenters. The summed E-state index contributed by atoms with van der Waals surface area (Å²) in [6, 6.07) is 13.6. The lowest BCUT2D eigenvalue weighted by Gasteiger charge is -2.27. The molecule has 4 aromatic rings. The van der Waals surface area contributed by atoms with Crippen LogP contribution in [-0.4, -0.2) is 51.2 Å². The van der Waals surface area contributed by atoms with Crippen molar-refractivity contribution in [1.29, 1.82) is 0 Å². The van der Waals surface area contributed by atoms with Crippen LogP contribution in [0.3, 0.4) is 0 Å². The van der Waals surface area contributed by atoms with E-state index in [1.54, 1.807) is 12.4 Å². The highest BCUT2D eigenvalue weighted by Gasteiger charge is 2.17. The first-order valence-corrected chi connectivity index (χ1v) is 11.1. The monoisotopic (exact) mass is 471 g/mol. The zero-order valence-electron chi connectivity index (χ0n) is 18.8. The predicted molar refractivity (Wildman–Crippen MR) is 128 cm³/mol. The molecule has 10 nitrogen and oxygen atoms in total. The number of anilines is 3. The SMILES string of the molecule is Fc1cnc(N=NCc2ccc(Nc3ccc(-c4ccncn4)cc3)cn2)nc1N1CCOCC1. The number of benzene rings is 1. The standard InChI is InChI=1S/C24H22FN9O/c25-21-15-28-24(32-23(21)34-9-11-35-12-10-34)33-30-14-19-5-6-20(13-27-19)31-18-3-1-17(2-4-18)22-7-8-26-16-29-22/h1-8,13,15-16,31H,9-12,14H2. The second-order valence-electron chi connectivity index (χ2n) is 7.68. The Morgan fingerprint density at radius 1 is 0.943 bits per heavy atom. The molecule has 0 saturated carbocycles. The van der Waals surface area contributed by atoms with Crippen molar-refractivity contribution in [3.63, 3.8) is 0 Å². The number of rotatable bonds is 7. The summed E-state index contributed by atoms with van der Waals surface area (Å²) < 4.78 is 19.4. The maximum atomic E-state index is 14.1. The molecule has 176 valence electrons. The topological polar surface area (TPSA) is 114 Å². The van der Waals surface area contributed by atoms with E-state index >= 15 is 0 Å².